The normalized spacial score (nSPS) is 15.8. The summed E-state index contributed by atoms with van der Waals surface area (Å²) in [5.74, 6) is 2.56. The van der Waals surface area contributed by atoms with E-state index in [2.05, 4.69) is 15.5 Å². The van der Waals surface area contributed by atoms with Crippen LogP contribution < -0.4 is 14.2 Å². The molecular weight excluding hydrogens is 406 g/mol. The van der Waals surface area contributed by atoms with E-state index >= 15 is 0 Å². The lowest BCUT2D eigenvalue weighted by Gasteiger charge is -2.26. The number of rotatable bonds is 6. The number of tetrazole rings is 1. The molecule has 4 rings (SSSR count). The summed E-state index contributed by atoms with van der Waals surface area (Å²) >= 11 is 1.68. The first kappa shape index (κ1) is 20.0. The van der Waals surface area contributed by atoms with Gasteiger partial charge in [-0.3, -0.25) is 4.79 Å². The summed E-state index contributed by atoms with van der Waals surface area (Å²) in [4.78, 5) is 15.2. The van der Waals surface area contributed by atoms with Crippen LogP contribution in [0.2, 0.25) is 0 Å². The molecule has 1 amide bonds. The quantitative estimate of drug-likeness (QED) is 0.593. The first-order valence-electron chi connectivity index (χ1n) is 9.22. The molecular formula is C20H21N5O4S. The van der Waals surface area contributed by atoms with Crippen LogP contribution in [0, 0.1) is 0 Å². The third-order valence-corrected chi connectivity index (χ3v) is 6.10. The zero-order valence-electron chi connectivity index (χ0n) is 16.8. The molecule has 1 unspecified atom stereocenters. The van der Waals surface area contributed by atoms with Crippen molar-refractivity contribution < 1.29 is 19.0 Å². The molecule has 1 aromatic heterocycles. The summed E-state index contributed by atoms with van der Waals surface area (Å²) < 4.78 is 17.9. The van der Waals surface area contributed by atoms with Gasteiger partial charge in [0.05, 0.1) is 27.0 Å². The van der Waals surface area contributed by atoms with E-state index in [1.54, 1.807) is 51.3 Å². The summed E-state index contributed by atoms with van der Waals surface area (Å²) in [6.45, 7) is 0.626. The second kappa shape index (κ2) is 8.62. The molecule has 1 fully saturated rings. The van der Waals surface area contributed by atoms with Crippen LogP contribution >= 0.6 is 11.8 Å². The van der Waals surface area contributed by atoms with Crippen molar-refractivity contribution in [2.75, 3.05) is 33.6 Å². The van der Waals surface area contributed by atoms with Crippen LogP contribution in [-0.2, 0) is 0 Å². The maximum Gasteiger partial charge on any atom is 0.255 e. The Morgan fingerprint density at radius 1 is 1.07 bits per heavy atom. The van der Waals surface area contributed by atoms with E-state index in [1.807, 2.05) is 23.1 Å². The fourth-order valence-electron chi connectivity index (χ4n) is 3.41. The third-order valence-electron chi connectivity index (χ3n) is 4.86. The van der Waals surface area contributed by atoms with E-state index in [-0.39, 0.29) is 11.3 Å². The van der Waals surface area contributed by atoms with Crippen molar-refractivity contribution in [1.29, 1.82) is 0 Å². The summed E-state index contributed by atoms with van der Waals surface area (Å²) in [6.07, 6.45) is 1.49. The number of carbonyl (C=O) groups excluding carboxylic acids is 1. The lowest BCUT2D eigenvalue weighted by atomic mass is 10.1. The van der Waals surface area contributed by atoms with Crippen molar-refractivity contribution in [1.82, 2.24) is 25.1 Å². The predicted molar refractivity (Wildman–Crippen MR) is 111 cm³/mol. The average molecular weight is 427 g/mol. The van der Waals surface area contributed by atoms with Gasteiger partial charge >= 0.3 is 0 Å². The molecule has 2 aromatic carbocycles. The van der Waals surface area contributed by atoms with E-state index in [1.165, 1.54) is 11.0 Å². The molecule has 1 saturated heterocycles. The Balaban J connectivity index is 1.68. The summed E-state index contributed by atoms with van der Waals surface area (Å²) in [5.41, 5.74) is 2.15. The minimum absolute atomic E-state index is 0.0724. The summed E-state index contributed by atoms with van der Waals surface area (Å²) in [6, 6.07) is 10.9. The topological polar surface area (TPSA) is 91.6 Å². The van der Waals surface area contributed by atoms with E-state index in [0.29, 0.717) is 29.4 Å². The van der Waals surface area contributed by atoms with Crippen LogP contribution in [0.5, 0.6) is 17.2 Å². The Hall–Kier alpha value is -3.27. The standard InChI is InChI=1S/C20H21N5O4S/c1-27-16-11-18(29-3)17(28-2)10-15(16)20-24(7-8-30-20)19(26)13-5-4-6-14(9-13)25-12-21-22-23-25/h4-6,9-12,20H,7-8H2,1-3H3. The molecule has 2 heterocycles. The Labute approximate surface area is 177 Å². The SMILES string of the molecule is COc1cc(OC)c(C2SCCN2C(=O)c2cccc(-n3cnnn3)c2)cc1OC. The molecule has 30 heavy (non-hydrogen) atoms. The number of carbonyl (C=O) groups is 1. The number of methoxy groups -OCH3 is 3. The van der Waals surface area contributed by atoms with E-state index in [4.69, 9.17) is 14.2 Å². The second-order valence-electron chi connectivity index (χ2n) is 6.48. The Bertz CT molecular complexity index is 1040. The van der Waals surface area contributed by atoms with Crippen LogP contribution in [-0.4, -0.2) is 64.6 Å². The Morgan fingerprint density at radius 2 is 1.83 bits per heavy atom. The van der Waals surface area contributed by atoms with Crippen LogP contribution in [0.25, 0.3) is 5.69 Å². The van der Waals surface area contributed by atoms with Crippen LogP contribution in [0.15, 0.2) is 42.7 Å². The van der Waals surface area contributed by atoms with Gasteiger partial charge in [0, 0.05) is 29.5 Å². The molecule has 156 valence electrons. The van der Waals surface area contributed by atoms with Gasteiger partial charge in [-0.05, 0) is 34.7 Å². The van der Waals surface area contributed by atoms with Crippen LogP contribution in [0.3, 0.4) is 0 Å². The molecule has 0 radical (unpaired) electrons. The van der Waals surface area contributed by atoms with Gasteiger partial charge in [0.25, 0.3) is 5.91 Å². The monoisotopic (exact) mass is 427 g/mol. The fraction of sp³-hybridized carbons (Fsp3) is 0.300. The molecule has 0 bridgehead atoms. The molecule has 3 aromatic rings. The van der Waals surface area contributed by atoms with Gasteiger partial charge in [0.15, 0.2) is 11.5 Å². The number of amides is 1. The molecule has 9 nitrogen and oxygen atoms in total. The molecule has 0 saturated carbocycles. The number of hydrogen-bond donors (Lipinski definition) is 0. The number of benzene rings is 2. The molecule has 0 aliphatic carbocycles. The van der Waals surface area contributed by atoms with Gasteiger partial charge in [-0.2, -0.15) is 0 Å². The smallest absolute Gasteiger partial charge is 0.255 e. The van der Waals surface area contributed by atoms with Crippen molar-refractivity contribution in [2.45, 2.75) is 5.37 Å². The molecule has 0 spiro atoms. The van der Waals surface area contributed by atoms with Gasteiger partial charge in [0.2, 0.25) is 0 Å². The van der Waals surface area contributed by atoms with E-state index < -0.39 is 0 Å². The zero-order chi connectivity index (χ0) is 21.1. The van der Waals surface area contributed by atoms with E-state index in [0.717, 1.165) is 17.0 Å². The number of nitrogens with zero attached hydrogens (tertiary/aromatic N) is 5. The van der Waals surface area contributed by atoms with Gasteiger partial charge in [-0.1, -0.05) is 6.07 Å². The van der Waals surface area contributed by atoms with Gasteiger partial charge in [-0.15, -0.1) is 16.9 Å². The second-order valence-corrected chi connectivity index (χ2v) is 7.66. The fourth-order valence-corrected chi connectivity index (χ4v) is 4.68. The van der Waals surface area contributed by atoms with Gasteiger partial charge < -0.3 is 19.1 Å². The first-order valence-corrected chi connectivity index (χ1v) is 10.3. The highest BCUT2D eigenvalue weighted by Gasteiger charge is 2.34. The highest BCUT2D eigenvalue weighted by molar-refractivity contribution is 7.99. The van der Waals surface area contributed by atoms with E-state index in [9.17, 15) is 4.79 Å². The van der Waals surface area contributed by atoms with Gasteiger partial charge in [0.1, 0.15) is 17.5 Å². The lowest BCUT2D eigenvalue weighted by molar-refractivity contribution is 0.0759. The highest BCUT2D eigenvalue weighted by atomic mass is 32.2. The van der Waals surface area contributed by atoms with Crippen molar-refractivity contribution in [3.63, 3.8) is 0 Å². The molecule has 1 aliphatic heterocycles. The molecule has 1 aliphatic rings. The zero-order valence-corrected chi connectivity index (χ0v) is 17.6. The summed E-state index contributed by atoms with van der Waals surface area (Å²) in [5, 5.41) is 11.0. The minimum Gasteiger partial charge on any atom is -0.496 e. The average Bonchev–Trinajstić information content (AvgIpc) is 3.50. The maximum atomic E-state index is 13.4. The number of thioether (sulfide) groups is 1. The molecule has 10 heteroatoms. The van der Waals surface area contributed by atoms with Crippen molar-refractivity contribution in [3.05, 3.63) is 53.9 Å². The minimum atomic E-state index is -0.205. The van der Waals surface area contributed by atoms with Gasteiger partial charge in [-0.25, -0.2) is 4.68 Å². The largest absolute Gasteiger partial charge is 0.496 e. The first-order chi connectivity index (χ1) is 14.7. The van der Waals surface area contributed by atoms with Crippen LogP contribution in [0.4, 0.5) is 0 Å². The molecule has 1 atom stereocenters. The summed E-state index contributed by atoms with van der Waals surface area (Å²) in [7, 11) is 4.77. The molecule has 0 N–H and O–H groups in total. The third kappa shape index (κ3) is 3.65. The number of hydrogen-bond acceptors (Lipinski definition) is 8. The highest BCUT2D eigenvalue weighted by Crippen LogP contribution is 2.46. The van der Waals surface area contributed by atoms with Crippen molar-refractivity contribution in [2.24, 2.45) is 0 Å². The number of aromatic nitrogens is 4. The lowest BCUT2D eigenvalue weighted by Crippen LogP contribution is -2.30. The Morgan fingerprint density at radius 3 is 2.53 bits per heavy atom. The van der Waals surface area contributed by atoms with Crippen molar-refractivity contribution >= 4 is 17.7 Å². The maximum absolute atomic E-state index is 13.4. The number of ether oxygens (including phenoxy) is 3. The Kier molecular flexibility index (Phi) is 5.75. The van der Waals surface area contributed by atoms with Crippen molar-refractivity contribution in [3.8, 4) is 22.9 Å². The van der Waals surface area contributed by atoms with Crippen LogP contribution in [0.1, 0.15) is 21.3 Å². The predicted octanol–water partition coefficient (Wildman–Crippen LogP) is 2.58.